The second-order valence-electron chi connectivity index (χ2n) is 9.19. The molecule has 0 bridgehead atoms. The van der Waals surface area contributed by atoms with Gasteiger partial charge in [-0.2, -0.15) is 5.10 Å². The number of H-pyrrole nitrogens is 1. The maximum Gasteiger partial charge on any atom is 0.257 e. The molecular formula is C28H28FN5O2. The zero-order valence-corrected chi connectivity index (χ0v) is 20.4. The van der Waals surface area contributed by atoms with E-state index in [0.29, 0.717) is 18.0 Å². The molecule has 0 radical (unpaired) electrons. The Balaban J connectivity index is 1.47. The number of aromatic nitrogens is 2. The summed E-state index contributed by atoms with van der Waals surface area (Å²) in [4.78, 5) is 17.2. The number of amides is 1. The molecule has 7 nitrogen and oxygen atoms in total. The largest absolute Gasteiger partial charge is 0.489 e. The number of carbonyl (C=O) groups is 1. The number of guanidine groups is 1. The fourth-order valence-corrected chi connectivity index (χ4v) is 3.35. The SMILES string of the molecule is CC(C)(C)N=C(NC(=O)c1ccc(F)cc1)Nc1cc(-c2cccc(OCc3ccccc3)c2)[nH]n1. The van der Waals surface area contributed by atoms with Gasteiger partial charge in [-0.05, 0) is 62.7 Å². The minimum absolute atomic E-state index is 0.231. The predicted octanol–water partition coefficient (Wildman–Crippen LogP) is 5.79. The van der Waals surface area contributed by atoms with Crippen LogP contribution in [0, 0.1) is 5.82 Å². The molecule has 0 aliphatic heterocycles. The Morgan fingerprint density at radius 3 is 2.47 bits per heavy atom. The van der Waals surface area contributed by atoms with Gasteiger partial charge in [0.05, 0.1) is 11.2 Å². The van der Waals surface area contributed by atoms with E-state index in [1.807, 2.05) is 81.4 Å². The number of hydrogen-bond donors (Lipinski definition) is 3. The second-order valence-corrected chi connectivity index (χ2v) is 9.19. The van der Waals surface area contributed by atoms with Crippen LogP contribution in [0.15, 0.2) is 89.9 Å². The molecule has 184 valence electrons. The van der Waals surface area contributed by atoms with Gasteiger partial charge in [0.15, 0.2) is 5.82 Å². The van der Waals surface area contributed by atoms with Gasteiger partial charge < -0.3 is 10.1 Å². The molecule has 0 atom stereocenters. The Labute approximate surface area is 209 Å². The van der Waals surface area contributed by atoms with Crippen LogP contribution in [0.5, 0.6) is 5.75 Å². The highest BCUT2D eigenvalue weighted by Gasteiger charge is 2.16. The molecule has 1 aromatic heterocycles. The maximum atomic E-state index is 13.2. The number of aromatic amines is 1. The van der Waals surface area contributed by atoms with Gasteiger partial charge in [0.2, 0.25) is 5.96 Å². The molecule has 0 saturated heterocycles. The lowest BCUT2D eigenvalue weighted by Crippen LogP contribution is -2.38. The van der Waals surface area contributed by atoms with Gasteiger partial charge in [-0.1, -0.05) is 42.5 Å². The van der Waals surface area contributed by atoms with Crippen molar-refractivity contribution < 1.29 is 13.9 Å². The molecular weight excluding hydrogens is 457 g/mol. The zero-order valence-electron chi connectivity index (χ0n) is 20.4. The number of ether oxygens (including phenoxy) is 1. The Bertz CT molecular complexity index is 1340. The van der Waals surface area contributed by atoms with E-state index in [2.05, 4.69) is 25.8 Å². The van der Waals surface area contributed by atoms with E-state index in [1.54, 1.807) is 0 Å². The van der Waals surface area contributed by atoms with E-state index in [4.69, 9.17) is 4.74 Å². The van der Waals surface area contributed by atoms with Gasteiger partial charge >= 0.3 is 0 Å². The lowest BCUT2D eigenvalue weighted by atomic mass is 10.1. The maximum absolute atomic E-state index is 13.2. The Morgan fingerprint density at radius 1 is 1.00 bits per heavy atom. The number of halogens is 1. The predicted molar refractivity (Wildman–Crippen MR) is 139 cm³/mol. The molecule has 1 heterocycles. The van der Waals surface area contributed by atoms with Crippen LogP contribution >= 0.6 is 0 Å². The van der Waals surface area contributed by atoms with Crippen LogP contribution < -0.4 is 15.4 Å². The molecule has 36 heavy (non-hydrogen) atoms. The molecule has 0 aliphatic carbocycles. The van der Waals surface area contributed by atoms with Gasteiger partial charge in [-0.15, -0.1) is 0 Å². The van der Waals surface area contributed by atoms with Crippen molar-refractivity contribution in [2.75, 3.05) is 5.32 Å². The topological polar surface area (TPSA) is 91.4 Å². The molecule has 4 aromatic rings. The number of nitrogens with one attached hydrogen (secondary N) is 3. The van der Waals surface area contributed by atoms with Crippen LogP contribution in [0.2, 0.25) is 0 Å². The molecule has 0 unspecified atom stereocenters. The third-order valence-corrected chi connectivity index (χ3v) is 5.00. The Hall–Kier alpha value is -4.46. The van der Waals surface area contributed by atoms with Crippen molar-refractivity contribution in [1.82, 2.24) is 15.5 Å². The summed E-state index contributed by atoms with van der Waals surface area (Å²) in [7, 11) is 0. The number of aliphatic imine (C=N–C) groups is 1. The van der Waals surface area contributed by atoms with Crippen molar-refractivity contribution in [1.29, 1.82) is 0 Å². The van der Waals surface area contributed by atoms with Crippen molar-refractivity contribution in [3.63, 3.8) is 0 Å². The molecule has 8 heteroatoms. The molecule has 0 saturated carbocycles. The fourth-order valence-electron chi connectivity index (χ4n) is 3.35. The molecule has 1 amide bonds. The first kappa shape index (κ1) is 24.7. The average molecular weight is 486 g/mol. The zero-order chi connectivity index (χ0) is 25.5. The summed E-state index contributed by atoms with van der Waals surface area (Å²) in [6, 6.07) is 24.8. The van der Waals surface area contributed by atoms with E-state index in [9.17, 15) is 9.18 Å². The smallest absolute Gasteiger partial charge is 0.257 e. The second kappa shape index (κ2) is 10.9. The number of anilines is 1. The fraction of sp³-hybridized carbons (Fsp3) is 0.179. The van der Waals surface area contributed by atoms with Gasteiger partial charge in [0, 0.05) is 17.2 Å². The van der Waals surface area contributed by atoms with Crippen LogP contribution in [0.3, 0.4) is 0 Å². The standard InChI is InChI=1S/C28H28FN5O2/c1-28(2,3)32-27(31-26(35)20-12-14-22(29)15-13-20)30-25-17-24(33-34-25)21-10-7-11-23(16-21)36-18-19-8-5-4-6-9-19/h4-17H,18H2,1-3H3,(H3,30,31,32,33,34,35). The van der Waals surface area contributed by atoms with E-state index < -0.39 is 17.3 Å². The summed E-state index contributed by atoms with van der Waals surface area (Å²) < 4.78 is 19.2. The minimum Gasteiger partial charge on any atom is -0.489 e. The van der Waals surface area contributed by atoms with Crippen LogP contribution in [-0.2, 0) is 6.61 Å². The highest BCUT2D eigenvalue weighted by Crippen LogP contribution is 2.25. The summed E-state index contributed by atoms with van der Waals surface area (Å²) >= 11 is 0. The third-order valence-electron chi connectivity index (χ3n) is 5.00. The van der Waals surface area contributed by atoms with Crippen molar-refractivity contribution in [2.24, 2.45) is 4.99 Å². The van der Waals surface area contributed by atoms with E-state index >= 15 is 0 Å². The lowest BCUT2D eigenvalue weighted by Gasteiger charge is -2.17. The lowest BCUT2D eigenvalue weighted by molar-refractivity contribution is 0.0976. The third kappa shape index (κ3) is 7.02. The first-order valence-corrected chi connectivity index (χ1v) is 11.5. The van der Waals surface area contributed by atoms with Crippen LogP contribution in [-0.4, -0.2) is 27.6 Å². The molecule has 0 spiro atoms. The van der Waals surface area contributed by atoms with Crippen molar-refractivity contribution in [3.05, 3.63) is 102 Å². The van der Waals surface area contributed by atoms with Gasteiger partial charge in [0.25, 0.3) is 5.91 Å². The molecule has 4 rings (SSSR count). The van der Waals surface area contributed by atoms with E-state index in [0.717, 1.165) is 22.6 Å². The van der Waals surface area contributed by atoms with Gasteiger partial charge in [-0.3, -0.25) is 15.2 Å². The van der Waals surface area contributed by atoms with Crippen molar-refractivity contribution >= 4 is 17.7 Å². The molecule has 0 fully saturated rings. The quantitative estimate of drug-likeness (QED) is 0.238. The summed E-state index contributed by atoms with van der Waals surface area (Å²) in [5.74, 6) is 0.621. The summed E-state index contributed by atoms with van der Waals surface area (Å²) in [6.07, 6.45) is 0. The highest BCUT2D eigenvalue weighted by atomic mass is 19.1. The number of benzene rings is 3. The van der Waals surface area contributed by atoms with Crippen molar-refractivity contribution in [2.45, 2.75) is 32.9 Å². The number of hydrogen-bond acceptors (Lipinski definition) is 4. The Morgan fingerprint density at radius 2 is 1.75 bits per heavy atom. The van der Waals surface area contributed by atoms with Crippen LogP contribution in [0.1, 0.15) is 36.7 Å². The number of rotatable bonds is 6. The summed E-state index contributed by atoms with van der Waals surface area (Å²) in [6.45, 7) is 6.21. The van der Waals surface area contributed by atoms with Gasteiger partial charge in [0.1, 0.15) is 18.2 Å². The van der Waals surface area contributed by atoms with E-state index in [1.165, 1.54) is 24.3 Å². The van der Waals surface area contributed by atoms with E-state index in [-0.39, 0.29) is 5.96 Å². The highest BCUT2D eigenvalue weighted by molar-refractivity contribution is 6.09. The van der Waals surface area contributed by atoms with Crippen molar-refractivity contribution in [3.8, 4) is 17.0 Å². The molecule has 0 aliphatic rings. The monoisotopic (exact) mass is 485 g/mol. The number of nitrogens with zero attached hydrogens (tertiary/aromatic N) is 2. The minimum atomic E-state index is -0.470. The first-order chi connectivity index (χ1) is 17.2. The summed E-state index contributed by atoms with van der Waals surface area (Å²) in [5.41, 5.74) is 2.59. The van der Waals surface area contributed by atoms with Gasteiger partial charge in [-0.25, -0.2) is 9.38 Å². The Kier molecular flexibility index (Phi) is 7.44. The average Bonchev–Trinajstić information content (AvgIpc) is 3.31. The molecule has 3 aromatic carbocycles. The molecule has 3 N–H and O–H groups in total. The summed E-state index contributed by atoms with van der Waals surface area (Å²) in [5, 5.41) is 13.1. The number of carbonyl (C=O) groups excluding carboxylic acids is 1. The van der Waals surface area contributed by atoms with Crippen LogP contribution in [0.25, 0.3) is 11.3 Å². The van der Waals surface area contributed by atoms with Crippen LogP contribution in [0.4, 0.5) is 10.2 Å². The normalized spacial score (nSPS) is 11.7. The first-order valence-electron chi connectivity index (χ1n) is 11.5.